The summed E-state index contributed by atoms with van der Waals surface area (Å²) in [5.41, 5.74) is -0.609. The number of hydrogen-bond acceptors (Lipinski definition) is 7. The van der Waals surface area contributed by atoms with Crippen molar-refractivity contribution in [3.8, 4) is 0 Å². The number of amides is 1. The number of carbonyl (C=O) groups is 2. The Morgan fingerprint density at radius 3 is 2.54 bits per heavy atom. The number of nitrogens with one attached hydrogen (secondary N) is 1. The van der Waals surface area contributed by atoms with E-state index in [0.717, 1.165) is 32.2 Å². The van der Waals surface area contributed by atoms with Crippen LogP contribution in [0.5, 0.6) is 0 Å². The monoisotopic (exact) mass is 391 g/mol. The third kappa shape index (κ3) is 8.62. The van der Waals surface area contributed by atoms with Gasteiger partial charge in [0.2, 0.25) is 0 Å². The predicted molar refractivity (Wildman–Crippen MR) is 102 cm³/mol. The van der Waals surface area contributed by atoms with Crippen LogP contribution >= 0.6 is 8.30 Å². The van der Waals surface area contributed by atoms with Crippen LogP contribution in [0.1, 0.15) is 53.9 Å². The molecule has 1 heterocycles. The lowest BCUT2D eigenvalue weighted by Crippen LogP contribution is -2.44. The van der Waals surface area contributed by atoms with Crippen LogP contribution in [0.15, 0.2) is 0 Å². The average Bonchev–Trinajstić information content (AvgIpc) is 2.88. The van der Waals surface area contributed by atoms with Gasteiger partial charge in [-0.05, 0) is 47.0 Å². The third-order valence-electron chi connectivity index (χ3n) is 3.60. The second kappa shape index (κ2) is 11.0. The lowest BCUT2D eigenvalue weighted by molar-refractivity contribution is -0.145. The SMILES string of the molecule is CCOC(=O)C(CCCCN1CN(C)OP1CC)NC(=O)OC(C)(C)C. The number of ether oxygens (including phenoxy) is 2. The van der Waals surface area contributed by atoms with Crippen LogP contribution in [0.25, 0.3) is 0 Å². The Kier molecular flexibility index (Phi) is 9.79. The van der Waals surface area contributed by atoms with Gasteiger partial charge in [0.1, 0.15) is 19.9 Å². The van der Waals surface area contributed by atoms with Crippen LogP contribution in [0.2, 0.25) is 0 Å². The molecule has 0 radical (unpaired) electrons. The zero-order chi connectivity index (χ0) is 19.7. The highest BCUT2D eigenvalue weighted by Gasteiger charge is 2.29. The van der Waals surface area contributed by atoms with E-state index >= 15 is 0 Å². The highest BCUT2D eigenvalue weighted by molar-refractivity contribution is 7.50. The highest BCUT2D eigenvalue weighted by Crippen LogP contribution is 2.46. The molecule has 1 amide bonds. The molecule has 0 bridgehead atoms. The zero-order valence-corrected chi connectivity index (χ0v) is 17.8. The summed E-state index contributed by atoms with van der Waals surface area (Å²) in [5.74, 6) is -0.418. The van der Waals surface area contributed by atoms with E-state index in [2.05, 4.69) is 16.9 Å². The minimum Gasteiger partial charge on any atom is -0.464 e. The quantitative estimate of drug-likeness (QED) is 0.367. The minimum absolute atomic E-state index is 0.281. The first-order valence-corrected chi connectivity index (χ1v) is 10.6. The maximum absolute atomic E-state index is 12.1. The molecule has 0 aromatic carbocycles. The number of hydrogen-bond donors (Lipinski definition) is 1. The van der Waals surface area contributed by atoms with Crippen molar-refractivity contribution >= 4 is 20.4 Å². The van der Waals surface area contributed by atoms with Gasteiger partial charge in [-0.2, -0.15) is 5.06 Å². The number of carbonyl (C=O) groups excluding carboxylic acids is 2. The van der Waals surface area contributed by atoms with Gasteiger partial charge in [0, 0.05) is 19.8 Å². The molecule has 0 aliphatic carbocycles. The van der Waals surface area contributed by atoms with Gasteiger partial charge in [0.25, 0.3) is 0 Å². The van der Waals surface area contributed by atoms with E-state index in [1.54, 1.807) is 27.7 Å². The number of rotatable bonds is 9. The standard InChI is InChI=1S/C17H34N3O5P/c1-7-23-15(21)14(18-16(22)24-17(3,4)5)11-9-10-12-20-13-19(6)25-26(20)8-2/h14H,7-13H2,1-6H3,(H,18,22). The van der Waals surface area contributed by atoms with Crippen molar-refractivity contribution in [2.75, 3.05) is 33.0 Å². The number of esters is 1. The first kappa shape index (κ1) is 23.1. The van der Waals surface area contributed by atoms with E-state index in [9.17, 15) is 9.59 Å². The highest BCUT2D eigenvalue weighted by atomic mass is 31.2. The summed E-state index contributed by atoms with van der Waals surface area (Å²) >= 11 is 0. The second-order valence-corrected chi connectivity index (χ2v) is 9.26. The van der Waals surface area contributed by atoms with E-state index < -0.39 is 32.0 Å². The van der Waals surface area contributed by atoms with Gasteiger partial charge in [-0.15, -0.1) is 0 Å². The molecule has 1 rings (SSSR count). The van der Waals surface area contributed by atoms with Gasteiger partial charge in [0.05, 0.1) is 13.3 Å². The van der Waals surface area contributed by atoms with Crippen molar-refractivity contribution in [3.63, 3.8) is 0 Å². The smallest absolute Gasteiger partial charge is 0.408 e. The molecule has 9 heteroatoms. The molecule has 1 aliphatic heterocycles. The molecule has 0 spiro atoms. The number of alkyl carbamates (subject to hydrolysis) is 1. The topological polar surface area (TPSA) is 80.3 Å². The number of hydroxylamine groups is 2. The van der Waals surface area contributed by atoms with Crippen molar-refractivity contribution in [3.05, 3.63) is 0 Å². The van der Waals surface area contributed by atoms with E-state index in [1.807, 2.05) is 12.1 Å². The van der Waals surface area contributed by atoms with E-state index in [4.69, 9.17) is 14.1 Å². The molecule has 1 aliphatic rings. The molecule has 1 saturated heterocycles. The van der Waals surface area contributed by atoms with Crippen molar-refractivity contribution < 1.29 is 23.7 Å². The van der Waals surface area contributed by atoms with Crippen molar-refractivity contribution in [2.45, 2.75) is 65.5 Å². The first-order valence-electron chi connectivity index (χ1n) is 9.24. The minimum atomic E-state index is -0.685. The molecule has 152 valence electrons. The molecule has 0 aromatic heterocycles. The normalized spacial score (nSPS) is 20.0. The molecule has 1 fully saturated rings. The first-order chi connectivity index (χ1) is 12.2. The van der Waals surface area contributed by atoms with Gasteiger partial charge in [-0.25, -0.2) is 14.3 Å². The Bertz CT molecular complexity index is 458. The van der Waals surface area contributed by atoms with E-state index in [1.165, 1.54) is 0 Å². The van der Waals surface area contributed by atoms with Crippen molar-refractivity contribution in [1.29, 1.82) is 0 Å². The van der Waals surface area contributed by atoms with Crippen LogP contribution in [-0.4, -0.2) is 66.5 Å². The Labute approximate surface area is 158 Å². The summed E-state index contributed by atoms with van der Waals surface area (Å²) in [4.78, 5) is 24.1. The third-order valence-corrected chi connectivity index (χ3v) is 5.57. The van der Waals surface area contributed by atoms with E-state index in [0.29, 0.717) is 6.42 Å². The fraction of sp³-hybridized carbons (Fsp3) is 0.882. The number of unbranched alkanes of at least 4 members (excludes halogenated alkanes) is 1. The summed E-state index contributed by atoms with van der Waals surface area (Å²) in [6, 6.07) is -0.685. The molecule has 0 aromatic rings. The maximum atomic E-state index is 12.1. The maximum Gasteiger partial charge on any atom is 0.408 e. The summed E-state index contributed by atoms with van der Waals surface area (Å²) in [6.45, 7) is 11.2. The summed E-state index contributed by atoms with van der Waals surface area (Å²) in [6.07, 6.45) is 2.63. The van der Waals surface area contributed by atoms with Crippen molar-refractivity contribution in [2.24, 2.45) is 0 Å². The molecular weight excluding hydrogens is 357 g/mol. The van der Waals surface area contributed by atoms with Crippen molar-refractivity contribution in [1.82, 2.24) is 15.1 Å². The van der Waals surface area contributed by atoms with Gasteiger partial charge in [0.15, 0.2) is 0 Å². The lowest BCUT2D eigenvalue weighted by atomic mass is 10.1. The summed E-state index contributed by atoms with van der Waals surface area (Å²) < 4.78 is 18.4. The molecule has 8 nitrogen and oxygen atoms in total. The second-order valence-electron chi connectivity index (χ2n) is 7.20. The fourth-order valence-corrected chi connectivity index (χ4v) is 4.24. The fourth-order valence-electron chi connectivity index (χ4n) is 2.56. The predicted octanol–water partition coefficient (Wildman–Crippen LogP) is 3.08. The Hall–Kier alpha value is -0.950. The van der Waals surface area contributed by atoms with Crippen LogP contribution < -0.4 is 5.32 Å². The molecule has 0 saturated carbocycles. The van der Waals surface area contributed by atoms with Crippen LogP contribution in [-0.2, 0) is 18.9 Å². The number of nitrogens with zero attached hydrogens (tertiary/aromatic N) is 2. The summed E-state index contributed by atoms with van der Waals surface area (Å²) in [5, 5.41) is 4.50. The van der Waals surface area contributed by atoms with Crippen LogP contribution in [0, 0.1) is 0 Å². The van der Waals surface area contributed by atoms with Gasteiger partial charge in [-0.1, -0.05) is 6.92 Å². The van der Waals surface area contributed by atoms with Crippen LogP contribution in [0.4, 0.5) is 4.79 Å². The zero-order valence-electron chi connectivity index (χ0n) is 16.9. The molecule has 1 N–H and O–H groups in total. The Morgan fingerprint density at radius 2 is 1.96 bits per heavy atom. The molecule has 26 heavy (non-hydrogen) atoms. The van der Waals surface area contributed by atoms with Gasteiger partial charge in [-0.3, -0.25) is 4.62 Å². The van der Waals surface area contributed by atoms with Crippen LogP contribution in [0.3, 0.4) is 0 Å². The Morgan fingerprint density at radius 1 is 1.27 bits per heavy atom. The lowest BCUT2D eigenvalue weighted by Gasteiger charge is -2.23. The van der Waals surface area contributed by atoms with E-state index in [-0.39, 0.29) is 6.61 Å². The molecule has 2 unspecified atom stereocenters. The van der Waals surface area contributed by atoms with Gasteiger partial charge < -0.3 is 14.8 Å². The van der Waals surface area contributed by atoms with Gasteiger partial charge >= 0.3 is 12.1 Å². The summed E-state index contributed by atoms with van der Waals surface area (Å²) in [7, 11) is 1.39. The molecule has 2 atom stereocenters. The molecular formula is C17H34N3O5P. The Balaban J connectivity index is 2.45. The average molecular weight is 391 g/mol. The largest absolute Gasteiger partial charge is 0.464 e.